The monoisotopic (exact) mass is 271 g/mol. The summed E-state index contributed by atoms with van der Waals surface area (Å²) in [6, 6.07) is 0. The van der Waals surface area contributed by atoms with Gasteiger partial charge in [0.2, 0.25) is 0 Å². The fourth-order valence-corrected chi connectivity index (χ4v) is 2.06. The SMILES string of the molecule is C=CCn1c(COC)nnc1SCC(=O)OCC. The molecule has 0 atom stereocenters. The molecule has 1 aromatic rings. The zero-order valence-electron chi connectivity index (χ0n) is 10.6. The summed E-state index contributed by atoms with van der Waals surface area (Å²) in [6.45, 7) is 6.80. The van der Waals surface area contributed by atoms with Crippen molar-refractivity contribution in [2.75, 3.05) is 19.5 Å². The topological polar surface area (TPSA) is 66.2 Å². The zero-order valence-corrected chi connectivity index (χ0v) is 11.4. The standard InChI is InChI=1S/C11H17N3O3S/c1-4-6-14-9(7-16-3)12-13-11(14)18-8-10(15)17-5-2/h4H,1,5-8H2,2-3H3. The average Bonchev–Trinajstić information content (AvgIpc) is 2.71. The van der Waals surface area contributed by atoms with Crippen molar-refractivity contribution in [1.82, 2.24) is 14.8 Å². The molecule has 0 aliphatic carbocycles. The van der Waals surface area contributed by atoms with E-state index >= 15 is 0 Å². The summed E-state index contributed by atoms with van der Waals surface area (Å²) >= 11 is 1.29. The Morgan fingerprint density at radius 2 is 2.33 bits per heavy atom. The molecule has 0 N–H and O–H groups in total. The molecule has 1 aromatic heterocycles. The van der Waals surface area contributed by atoms with Crippen molar-refractivity contribution in [3.63, 3.8) is 0 Å². The Kier molecular flexibility index (Phi) is 6.45. The molecule has 18 heavy (non-hydrogen) atoms. The first-order chi connectivity index (χ1) is 8.72. The Bertz CT molecular complexity index is 406. The average molecular weight is 271 g/mol. The van der Waals surface area contributed by atoms with Crippen LogP contribution in [0, 0.1) is 0 Å². The van der Waals surface area contributed by atoms with E-state index in [1.54, 1.807) is 20.1 Å². The molecule has 0 radical (unpaired) electrons. The number of esters is 1. The fraction of sp³-hybridized carbons (Fsp3) is 0.545. The van der Waals surface area contributed by atoms with Crippen LogP contribution in [0.1, 0.15) is 12.7 Å². The van der Waals surface area contributed by atoms with E-state index in [-0.39, 0.29) is 11.7 Å². The van der Waals surface area contributed by atoms with Crippen LogP contribution in [0.15, 0.2) is 17.8 Å². The number of carbonyl (C=O) groups is 1. The predicted molar refractivity (Wildman–Crippen MR) is 68.3 cm³/mol. The van der Waals surface area contributed by atoms with Crippen molar-refractivity contribution in [3.8, 4) is 0 Å². The number of hydrogen-bond donors (Lipinski definition) is 0. The van der Waals surface area contributed by atoms with Gasteiger partial charge in [0.05, 0.1) is 12.4 Å². The summed E-state index contributed by atoms with van der Waals surface area (Å²) in [5.74, 6) is 0.670. The second-order valence-electron chi connectivity index (χ2n) is 3.32. The van der Waals surface area contributed by atoms with Crippen molar-refractivity contribution in [2.45, 2.75) is 25.2 Å². The molecule has 1 heterocycles. The number of thioether (sulfide) groups is 1. The maximum Gasteiger partial charge on any atom is 0.316 e. The van der Waals surface area contributed by atoms with Crippen LogP contribution in [-0.4, -0.2) is 40.2 Å². The highest BCUT2D eigenvalue weighted by molar-refractivity contribution is 7.99. The number of methoxy groups -OCH3 is 1. The van der Waals surface area contributed by atoms with Gasteiger partial charge in [-0.3, -0.25) is 4.79 Å². The number of allylic oxidation sites excluding steroid dienone is 1. The van der Waals surface area contributed by atoms with Gasteiger partial charge in [0.15, 0.2) is 11.0 Å². The highest BCUT2D eigenvalue weighted by Crippen LogP contribution is 2.17. The maximum atomic E-state index is 11.3. The first kappa shape index (κ1) is 14.7. The highest BCUT2D eigenvalue weighted by atomic mass is 32.2. The molecule has 0 amide bonds. The Balaban J connectivity index is 2.69. The lowest BCUT2D eigenvalue weighted by atomic mass is 10.5. The van der Waals surface area contributed by atoms with Crippen molar-refractivity contribution in [1.29, 1.82) is 0 Å². The van der Waals surface area contributed by atoms with Gasteiger partial charge in [0.25, 0.3) is 0 Å². The van der Waals surface area contributed by atoms with Gasteiger partial charge < -0.3 is 14.0 Å². The molecule has 0 saturated heterocycles. The van der Waals surface area contributed by atoms with Crippen LogP contribution in [-0.2, 0) is 27.4 Å². The van der Waals surface area contributed by atoms with E-state index in [0.717, 1.165) is 0 Å². The second kappa shape index (κ2) is 7.88. The van der Waals surface area contributed by atoms with E-state index < -0.39 is 0 Å². The quantitative estimate of drug-likeness (QED) is 0.403. The van der Waals surface area contributed by atoms with Crippen LogP contribution >= 0.6 is 11.8 Å². The number of carbonyl (C=O) groups excluding carboxylic acids is 1. The number of nitrogens with zero attached hydrogens (tertiary/aromatic N) is 3. The molecule has 0 aliphatic heterocycles. The minimum atomic E-state index is -0.260. The summed E-state index contributed by atoms with van der Waals surface area (Å²) in [5.41, 5.74) is 0. The minimum Gasteiger partial charge on any atom is -0.465 e. The molecule has 0 fully saturated rings. The van der Waals surface area contributed by atoms with Crippen LogP contribution in [0.3, 0.4) is 0 Å². The Morgan fingerprint density at radius 1 is 1.56 bits per heavy atom. The fourth-order valence-electron chi connectivity index (χ4n) is 1.30. The molecule has 1 rings (SSSR count). The summed E-state index contributed by atoms with van der Waals surface area (Å²) in [7, 11) is 1.60. The number of hydrogen-bond acceptors (Lipinski definition) is 6. The van der Waals surface area contributed by atoms with Gasteiger partial charge in [-0.15, -0.1) is 16.8 Å². The van der Waals surface area contributed by atoms with Gasteiger partial charge in [-0.1, -0.05) is 17.8 Å². The van der Waals surface area contributed by atoms with E-state index in [0.29, 0.717) is 30.7 Å². The molecule has 0 unspecified atom stereocenters. The number of ether oxygens (including phenoxy) is 2. The smallest absolute Gasteiger partial charge is 0.316 e. The molecule has 100 valence electrons. The molecule has 0 saturated carbocycles. The second-order valence-corrected chi connectivity index (χ2v) is 4.27. The zero-order chi connectivity index (χ0) is 13.4. The summed E-state index contributed by atoms with van der Waals surface area (Å²) in [4.78, 5) is 11.3. The van der Waals surface area contributed by atoms with Gasteiger partial charge in [-0.25, -0.2) is 0 Å². The van der Waals surface area contributed by atoms with Crippen molar-refractivity contribution < 1.29 is 14.3 Å². The van der Waals surface area contributed by atoms with Gasteiger partial charge in [-0.05, 0) is 6.92 Å². The molecule has 0 bridgehead atoms. The largest absolute Gasteiger partial charge is 0.465 e. The van der Waals surface area contributed by atoms with Gasteiger partial charge in [0, 0.05) is 13.7 Å². The molecule has 0 spiro atoms. The molecular formula is C11H17N3O3S. The van der Waals surface area contributed by atoms with Crippen molar-refractivity contribution >= 4 is 17.7 Å². The molecule has 6 nitrogen and oxygen atoms in total. The van der Waals surface area contributed by atoms with Crippen LogP contribution in [0.5, 0.6) is 0 Å². The Labute approximate surface area is 110 Å². The third-order valence-electron chi connectivity index (χ3n) is 2.00. The molecule has 0 aromatic carbocycles. The van der Waals surface area contributed by atoms with Crippen LogP contribution < -0.4 is 0 Å². The normalized spacial score (nSPS) is 10.3. The number of rotatable bonds is 8. The minimum absolute atomic E-state index is 0.218. The summed E-state index contributed by atoms with van der Waals surface area (Å²) < 4.78 is 11.8. The molecule has 7 heteroatoms. The summed E-state index contributed by atoms with van der Waals surface area (Å²) in [6.07, 6.45) is 1.75. The van der Waals surface area contributed by atoms with E-state index in [4.69, 9.17) is 9.47 Å². The van der Waals surface area contributed by atoms with Crippen LogP contribution in [0.25, 0.3) is 0 Å². The molecular weight excluding hydrogens is 254 g/mol. The Morgan fingerprint density at radius 3 is 2.94 bits per heavy atom. The van der Waals surface area contributed by atoms with Gasteiger partial charge in [-0.2, -0.15) is 0 Å². The lowest BCUT2D eigenvalue weighted by Gasteiger charge is -2.06. The maximum absolute atomic E-state index is 11.3. The van der Waals surface area contributed by atoms with E-state index in [2.05, 4.69) is 16.8 Å². The summed E-state index contributed by atoms with van der Waals surface area (Å²) in [5, 5.41) is 8.70. The third-order valence-corrected chi connectivity index (χ3v) is 2.94. The van der Waals surface area contributed by atoms with Crippen LogP contribution in [0.4, 0.5) is 0 Å². The predicted octanol–water partition coefficient (Wildman–Crippen LogP) is 1.27. The van der Waals surface area contributed by atoms with Crippen LogP contribution in [0.2, 0.25) is 0 Å². The van der Waals surface area contributed by atoms with Crippen molar-refractivity contribution in [2.24, 2.45) is 0 Å². The lowest BCUT2D eigenvalue weighted by Crippen LogP contribution is -2.09. The number of aromatic nitrogens is 3. The van der Waals surface area contributed by atoms with E-state index in [1.165, 1.54) is 11.8 Å². The Hall–Kier alpha value is -1.34. The lowest BCUT2D eigenvalue weighted by molar-refractivity contribution is -0.139. The van der Waals surface area contributed by atoms with E-state index in [9.17, 15) is 4.79 Å². The van der Waals surface area contributed by atoms with Crippen molar-refractivity contribution in [3.05, 3.63) is 18.5 Å². The van der Waals surface area contributed by atoms with Gasteiger partial charge in [0.1, 0.15) is 6.61 Å². The third kappa shape index (κ3) is 4.15. The highest BCUT2D eigenvalue weighted by Gasteiger charge is 2.13. The first-order valence-corrected chi connectivity index (χ1v) is 6.51. The first-order valence-electron chi connectivity index (χ1n) is 5.53. The van der Waals surface area contributed by atoms with Gasteiger partial charge >= 0.3 is 5.97 Å². The molecule has 0 aliphatic rings. The van der Waals surface area contributed by atoms with E-state index in [1.807, 2.05) is 4.57 Å².